The van der Waals surface area contributed by atoms with E-state index in [1.807, 2.05) is 11.8 Å². The molecule has 0 aliphatic carbocycles. The van der Waals surface area contributed by atoms with Gasteiger partial charge < -0.3 is 9.64 Å². The van der Waals surface area contributed by atoms with Gasteiger partial charge in [0.25, 0.3) is 5.91 Å². The number of rotatable bonds is 4. The van der Waals surface area contributed by atoms with E-state index < -0.39 is 0 Å². The van der Waals surface area contributed by atoms with Crippen molar-refractivity contribution in [1.82, 2.24) is 9.88 Å². The van der Waals surface area contributed by atoms with Crippen LogP contribution in [-0.2, 0) is 4.74 Å². The van der Waals surface area contributed by atoms with Gasteiger partial charge in [0, 0.05) is 31.5 Å². The molecule has 0 bridgehead atoms. The molecular weight excluding hydrogens is 296 g/mol. The first-order chi connectivity index (χ1) is 8.70. The van der Waals surface area contributed by atoms with Crippen LogP contribution in [0.15, 0.2) is 22.9 Å². The fourth-order valence-electron chi connectivity index (χ4n) is 2.11. The van der Waals surface area contributed by atoms with Crippen LogP contribution in [0.4, 0.5) is 0 Å². The predicted molar refractivity (Wildman–Crippen MR) is 72.5 cm³/mol. The third kappa shape index (κ3) is 3.29. The number of hydrogen-bond donors (Lipinski definition) is 0. The summed E-state index contributed by atoms with van der Waals surface area (Å²) in [6.07, 6.45) is 3.97. The molecule has 0 N–H and O–H groups in total. The van der Waals surface area contributed by atoms with Crippen molar-refractivity contribution < 1.29 is 9.53 Å². The zero-order valence-electron chi connectivity index (χ0n) is 10.4. The van der Waals surface area contributed by atoms with E-state index in [4.69, 9.17) is 4.74 Å². The number of aromatic nitrogens is 1. The fraction of sp³-hybridized carbons (Fsp3) is 0.538. The number of amides is 1. The number of hydrogen-bond acceptors (Lipinski definition) is 3. The Kier molecular flexibility index (Phi) is 4.72. The molecule has 0 spiro atoms. The molecule has 1 aliphatic rings. The fourth-order valence-corrected chi connectivity index (χ4v) is 2.47. The van der Waals surface area contributed by atoms with E-state index in [0.717, 1.165) is 19.4 Å². The number of ether oxygens (including phenoxy) is 1. The summed E-state index contributed by atoms with van der Waals surface area (Å²) in [5.74, 6) is 0.0381. The molecule has 98 valence electrons. The maximum absolute atomic E-state index is 12.3. The summed E-state index contributed by atoms with van der Waals surface area (Å²) in [5, 5.41) is 0. The topological polar surface area (TPSA) is 42.4 Å². The Morgan fingerprint density at radius 2 is 2.50 bits per heavy atom. The highest BCUT2D eigenvalue weighted by Gasteiger charge is 2.22. The first-order valence-electron chi connectivity index (χ1n) is 6.23. The van der Waals surface area contributed by atoms with Crippen LogP contribution >= 0.6 is 15.9 Å². The molecule has 1 fully saturated rings. The van der Waals surface area contributed by atoms with Crippen LogP contribution in [-0.4, -0.2) is 41.6 Å². The number of pyridine rings is 1. The molecule has 18 heavy (non-hydrogen) atoms. The van der Waals surface area contributed by atoms with Crippen molar-refractivity contribution in [3.8, 4) is 0 Å². The van der Waals surface area contributed by atoms with Gasteiger partial charge in [0.15, 0.2) is 0 Å². The SMILES string of the molecule is CCN(CC1CCCO1)C(=O)c1ccnc(Br)c1. The van der Waals surface area contributed by atoms with Crippen molar-refractivity contribution in [3.05, 3.63) is 28.5 Å². The van der Waals surface area contributed by atoms with Gasteiger partial charge in [-0.1, -0.05) is 0 Å². The van der Waals surface area contributed by atoms with Crippen LogP contribution < -0.4 is 0 Å². The highest BCUT2D eigenvalue weighted by atomic mass is 79.9. The van der Waals surface area contributed by atoms with Gasteiger partial charge in [0.2, 0.25) is 0 Å². The van der Waals surface area contributed by atoms with Gasteiger partial charge in [-0.25, -0.2) is 4.98 Å². The summed E-state index contributed by atoms with van der Waals surface area (Å²) in [5.41, 5.74) is 0.664. The molecule has 0 aromatic carbocycles. The molecule has 0 saturated carbocycles. The Morgan fingerprint density at radius 1 is 1.67 bits per heavy atom. The van der Waals surface area contributed by atoms with Crippen LogP contribution in [0.1, 0.15) is 30.1 Å². The summed E-state index contributed by atoms with van der Waals surface area (Å²) in [6, 6.07) is 3.49. The Bertz CT molecular complexity index is 419. The Morgan fingerprint density at radius 3 is 3.11 bits per heavy atom. The summed E-state index contributed by atoms with van der Waals surface area (Å²) >= 11 is 3.28. The number of nitrogens with zero attached hydrogens (tertiary/aromatic N) is 2. The smallest absolute Gasteiger partial charge is 0.254 e. The van der Waals surface area contributed by atoms with Gasteiger partial charge in [0.05, 0.1) is 6.10 Å². The first-order valence-corrected chi connectivity index (χ1v) is 7.02. The standard InChI is InChI=1S/C13H17BrN2O2/c1-2-16(9-11-4-3-7-18-11)13(17)10-5-6-15-12(14)8-10/h5-6,8,11H,2-4,7,9H2,1H3. The number of halogens is 1. The van der Waals surface area contributed by atoms with Gasteiger partial charge >= 0.3 is 0 Å². The van der Waals surface area contributed by atoms with E-state index in [2.05, 4.69) is 20.9 Å². The molecule has 4 nitrogen and oxygen atoms in total. The first kappa shape index (κ1) is 13.5. The van der Waals surface area contributed by atoms with Gasteiger partial charge in [-0.3, -0.25) is 4.79 Å². The number of likely N-dealkylation sites (N-methyl/N-ethyl adjacent to an activating group) is 1. The van der Waals surface area contributed by atoms with Crippen LogP contribution in [0.25, 0.3) is 0 Å². The van der Waals surface area contributed by atoms with Crippen molar-refractivity contribution in [2.45, 2.75) is 25.9 Å². The second-order valence-corrected chi connectivity index (χ2v) is 5.16. The zero-order valence-corrected chi connectivity index (χ0v) is 12.0. The maximum atomic E-state index is 12.3. The number of carbonyl (C=O) groups is 1. The molecular formula is C13H17BrN2O2. The molecule has 1 aliphatic heterocycles. The van der Waals surface area contributed by atoms with Crippen LogP contribution in [0.3, 0.4) is 0 Å². The minimum Gasteiger partial charge on any atom is -0.376 e. The molecule has 1 amide bonds. The molecule has 1 atom stereocenters. The monoisotopic (exact) mass is 312 g/mol. The molecule has 1 aromatic rings. The van der Waals surface area contributed by atoms with Gasteiger partial charge in [-0.15, -0.1) is 0 Å². The summed E-state index contributed by atoms with van der Waals surface area (Å²) in [7, 11) is 0. The second kappa shape index (κ2) is 6.29. The van der Waals surface area contributed by atoms with Gasteiger partial charge in [-0.2, -0.15) is 0 Å². The van der Waals surface area contributed by atoms with Crippen LogP contribution in [0, 0.1) is 0 Å². The zero-order chi connectivity index (χ0) is 13.0. The molecule has 5 heteroatoms. The van der Waals surface area contributed by atoms with Crippen molar-refractivity contribution in [2.24, 2.45) is 0 Å². The lowest BCUT2D eigenvalue weighted by atomic mass is 10.2. The third-order valence-electron chi connectivity index (χ3n) is 3.09. The van der Waals surface area contributed by atoms with E-state index in [-0.39, 0.29) is 12.0 Å². The lowest BCUT2D eigenvalue weighted by Crippen LogP contribution is -2.37. The third-order valence-corrected chi connectivity index (χ3v) is 3.52. The quantitative estimate of drug-likeness (QED) is 0.802. The van der Waals surface area contributed by atoms with E-state index in [1.165, 1.54) is 0 Å². The Balaban J connectivity index is 2.04. The molecule has 0 radical (unpaired) electrons. The lowest BCUT2D eigenvalue weighted by Gasteiger charge is -2.24. The van der Waals surface area contributed by atoms with Crippen molar-refractivity contribution in [3.63, 3.8) is 0 Å². The molecule has 2 heterocycles. The molecule has 2 rings (SSSR count). The average molecular weight is 313 g/mol. The van der Waals surface area contributed by atoms with Gasteiger partial charge in [0.1, 0.15) is 4.60 Å². The molecule has 1 saturated heterocycles. The minimum absolute atomic E-state index is 0.0381. The van der Waals surface area contributed by atoms with Gasteiger partial charge in [-0.05, 0) is 47.8 Å². The largest absolute Gasteiger partial charge is 0.376 e. The highest BCUT2D eigenvalue weighted by molar-refractivity contribution is 9.10. The Labute approximate surface area is 115 Å². The molecule has 1 unspecified atom stereocenters. The minimum atomic E-state index is 0.0381. The maximum Gasteiger partial charge on any atom is 0.254 e. The summed E-state index contributed by atoms with van der Waals surface area (Å²) in [4.78, 5) is 18.2. The normalized spacial score (nSPS) is 18.9. The van der Waals surface area contributed by atoms with Crippen molar-refractivity contribution >= 4 is 21.8 Å². The average Bonchev–Trinajstić information content (AvgIpc) is 2.88. The van der Waals surface area contributed by atoms with Crippen molar-refractivity contribution in [1.29, 1.82) is 0 Å². The van der Waals surface area contributed by atoms with E-state index in [9.17, 15) is 4.79 Å². The van der Waals surface area contributed by atoms with Crippen LogP contribution in [0.2, 0.25) is 0 Å². The second-order valence-electron chi connectivity index (χ2n) is 4.35. The highest BCUT2D eigenvalue weighted by Crippen LogP contribution is 2.16. The summed E-state index contributed by atoms with van der Waals surface area (Å²) in [6.45, 7) is 4.17. The lowest BCUT2D eigenvalue weighted by molar-refractivity contribution is 0.0539. The molecule has 1 aromatic heterocycles. The van der Waals surface area contributed by atoms with E-state index >= 15 is 0 Å². The van der Waals surface area contributed by atoms with Crippen LogP contribution in [0.5, 0.6) is 0 Å². The van der Waals surface area contributed by atoms with E-state index in [1.54, 1.807) is 18.3 Å². The Hall–Kier alpha value is -0.940. The predicted octanol–water partition coefficient (Wildman–Crippen LogP) is 2.49. The summed E-state index contributed by atoms with van der Waals surface area (Å²) < 4.78 is 6.26. The van der Waals surface area contributed by atoms with Crippen molar-refractivity contribution in [2.75, 3.05) is 19.7 Å². The number of carbonyl (C=O) groups excluding carboxylic acids is 1. The van der Waals surface area contributed by atoms with E-state index in [0.29, 0.717) is 23.3 Å².